The standard InChI is InChI=1S/C28H31N7OS/c1-3-34(4-2)24-17-15-22(16-18-24)19-30-32-27(36)21-37-28-33-31-26(20-29-23-11-7-5-8-12-23)35(28)25-13-9-6-10-14-25/h5-19,29H,3-4,20-21H2,1-2H3,(H,32,36)/b30-19-. The first-order valence-corrected chi connectivity index (χ1v) is 13.2. The Morgan fingerprint density at radius 2 is 1.62 bits per heavy atom. The molecule has 0 saturated carbocycles. The Balaban J connectivity index is 1.36. The molecule has 0 unspecified atom stereocenters. The van der Waals surface area contributed by atoms with Crippen molar-refractivity contribution in [2.75, 3.05) is 29.1 Å². The van der Waals surface area contributed by atoms with E-state index in [1.807, 2.05) is 77.4 Å². The summed E-state index contributed by atoms with van der Waals surface area (Å²) in [5.41, 5.74) is 6.63. The van der Waals surface area contributed by atoms with Crippen LogP contribution in [0.2, 0.25) is 0 Å². The molecule has 190 valence electrons. The Hall–Kier alpha value is -4.11. The summed E-state index contributed by atoms with van der Waals surface area (Å²) in [5.74, 6) is 0.701. The van der Waals surface area contributed by atoms with Gasteiger partial charge in [0.2, 0.25) is 0 Å². The zero-order valence-corrected chi connectivity index (χ0v) is 21.9. The minimum absolute atomic E-state index is 0.162. The third-order valence-corrected chi connectivity index (χ3v) is 6.63. The lowest BCUT2D eigenvalue weighted by molar-refractivity contribution is -0.118. The quantitative estimate of drug-likeness (QED) is 0.158. The molecule has 0 spiro atoms. The fourth-order valence-electron chi connectivity index (χ4n) is 3.78. The van der Waals surface area contributed by atoms with Crippen LogP contribution in [0.5, 0.6) is 0 Å². The molecule has 0 bridgehead atoms. The Labute approximate surface area is 221 Å². The molecule has 0 saturated heterocycles. The van der Waals surface area contributed by atoms with Crippen molar-refractivity contribution in [2.24, 2.45) is 5.10 Å². The van der Waals surface area contributed by atoms with E-state index in [9.17, 15) is 4.79 Å². The lowest BCUT2D eigenvalue weighted by Crippen LogP contribution is -2.21. The number of anilines is 2. The van der Waals surface area contributed by atoms with Gasteiger partial charge in [0.05, 0.1) is 18.5 Å². The number of hydrogen-bond donors (Lipinski definition) is 2. The highest BCUT2D eigenvalue weighted by Gasteiger charge is 2.15. The lowest BCUT2D eigenvalue weighted by atomic mass is 10.2. The number of benzene rings is 3. The van der Waals surface area contributed by atoms with E-state index in [-0.39, 0.29) is 11.7 Å². The smallest absolute Gasteiger partial charge is 0.250 e. The first-order valence-electron chi connectivity index (χ1n) is 12.3. The average Bonchev–Trinajstić information content (AvgIpc) is 3.36. The number of hydrogen-bond acceptors (Lipinski definition) is 7. The summed E-state index contributed by atoms with van der Waals surface area (Å²) in [6.45, 7) is 6.69. The lowest BCUT2D eigenvalue weighted by Gasteiger charge is -2.20. The molecule has 0 fully saturated rings. The molecule has 0 aliphatic carbocycles. The minimum Gasteiger partial charge on any atom is -0.378 e. The maximum atomic E-state index is 12.5. The van der Waals surface area contributed by atoms with Crippen molar-refractivity contribution in [2.45, 2.75) is 25.5 Å². The average molecular weight is 514 g/mol. The minimum atomic E-state index is -0.215. The van der Waals surface area contributed by atoms with Gasteiger partial charge in [0.15, 0.2) is 11.0 Å². The van der Waals surface area contributed by atoms with Gasteiger partial charge >= 0.3 is 0 Å². The summed E-state index contributed by atoms with van der Waals surface area (Å²) in [4.78, 5) is 14.7. The van der Waals surface area contributed by atoms with Crippen molar-refractivity contribution in [1.82, 2.24) is 20.2 Å². The van der Waals surface area contributed by atoms with Crippen LogP contribution >= 0.6 is 11.8 Å². The predicted molar refractivity (Wildman–Crippen MR) is 152 cm³/mol. The molecule has 4 rings (SSSR count). The Morgan fingerprint density at radius 1 is 0.946 bits per heavy atom. The second-order valence-corrected chi connectivity index (χ2v) is 9.08. The van der Waals surface area contributed by atoms with Gasteiger partial charge in [-0.2, -0.15) is 5.10 Å². The normalized spacial score (nSPS) is 11.0. The van der Waals surface area contributed by atoms with E-state index in [1.54, 1.807) is 6.21 Å². The van der Waals surface area contributed by atoms with Crippen LogP contribution in [-0.2, 0) is 11.3 Å². The molecule has 1 heterocycles. The van der Waals surface area contributed by atoms with E-state index in [4.69, 9.17) is 0 Å². The maximum Gasteiger partial charge on any atom is 0.250 e. The molecule has 0 atom stereocenters. The molecule has 4 aromatic rings. The highest BCUT2D eigenvalue weighted by Crippen LogP contribution is 2.22. The fraction of sp³-hybridized carbons (Fsp3) is 0.214. The molecule has 0 radical (unpaired) electrons. The van der Waals surface area contributed by atoms with Crippen molar-refractivity contribution in [3.63, 3.8) is 0 Å². The van der Waals surface area contributed by atoms with E-state index < -0.39 is 0 Å². The molecule has 1 amide bonds. The Bertz CT molecular complexity index is 1290. The van der Waals surface area contributed by atoms with Crippen molar-refractivity contribution in [3.05, 3.63) is 96.3 Å². The van der Waals surface area contributed by atoms with Gasteiger partial charge in [0.1, 0.15) is 0 Å². The molecule has 37 heavy (non-hydrogen) atoms. The number of carbonyl (C=O) groups excluding carboxylic acids is 1. The molecular formula is C28H31N7OS. The molecule has 2 N–H and O–H groups in total. The predicted octanol–water partition coefficient (Wildman–Crippen LogP) is 4.97. The van der Waals surface area contributed by atoms with Crippen molar-refractivity contribution < 1.29 is 4.79 Å². The van der Waals surface area contributed by atoms with Crippen LogP contribution in [0.25, 0.3) is 5.69 Å². The maximum absolute atomic E-state index is 12.5. The molecular weight excluding hydrogens is 482 g/mol. The molecule has 8 nitrogen and oxygen atoms in total. The van der Waals surface area contributed by atoms with Gasteiger partial charge in [-0.05, 0) is 55.8 Å². The van der Waals surface area contributed by atoms with Gasteiger partial charge < -0.3 is 10.2 Å². The summed E-state index contributed by atoms with van der Waals surface area (Å²) < 4.78 is 1.97. The molecule has 0 aliphatic heterocycles. The van der Waals surface area contributed by atoms with Gasteiger partial charge in [-0.25, -0.2) is 5.43 Å². The molecule has 0 aliphatic rings. The van der Waals surface area contributed by atoms with Crippen LogP contribution < -0.4 is 15.6 Å². The van der Waals surface area contributed by atoms with Gasteiger partial charge in [-0.3, -0.25) is 9.36 Å². The van der Waals surface area contributed by atoms with Crippen molar-refractivity contribution in [3.8, 4) is 5.69 Å². The largest absolute Gasteiger partial charge is 0.378 e. The van der Waals surface area contributed by atoms with E-state index >= 15 is 0 Å². The number of rotatable bonds is 12. The highest BCUT2D eigenvalue weighted by molar-refractivity contribution is 7.99. The van der Waals surface area contributed by atoms with E-state index in [0.717, 1.165) is 35.9 Å². The van der Waals surface area contributed by atoms with Gasteiger partial charge in [0.25, 0.3) is 5.91 Å². The fourth-order valence-corrected chi connectivity index (χ4v) is 4.55. The number of nitrogens with zero attached hydrogens (tertiary/aromatic N) is 5. The number of hydrazone groups is 1. The zero-order chi connectivity index (χ0) is 25.9. The SMILES string of the molecule is CCN(CC)c1ccc(/C=N\NC(=O)CSc2nnc(CNc3ccccc3)n2-c2ccccc2)cc1. The molecule has 1 aromatic heterocycles. The highest BCUT2D eigenvalue weighted by atomic mass is 32.2. The van der Waals surface area contributed by atoms with Gasteiger partial charge in [0, 0.05) is 30.2 Å². The van der Waals surface area contributed by atoms with E-state index in [2.05, 4.69) is 56.9 Å². The van der Waals surface area contributed by atoms with E-state index in [1.165, 1.54) is 17.4 Å². The number of thioether (sulfide) groups is 1. The third kappa shape index (κ3) is 7.20. The number of carbonyl (C=O) groups is 1. The summed E-state index contributed by atoms with van der Waals surface area (Å²) in [5, 5.41) is 16.9. The van der Waals surface area contributed by atoms with Gasteiger partial charge in [-0.1, -0.05) is 60.3 Å². The topological polar surface area (TPSA) is 87.4 Å². The van der Waals surface area contributed by atoms with Gasteiger partial charge in [-0.15, -0.1) is 10.2 Å². The third-order valence-electron chi connectivity index (χ3n) is 5.70. The Kier molecular flexibility index (Phi) is 9.31. The van der Waals surface area contributed by atoms with Crippen LogP contribution in [-0.4, -0.2) is 45.7 Å². The van der Waals surface area contributed by atoms with E-state index in [0.29, 0.717) is 11.7 Å². The van der Waals surface area contributed by atoms with Crippen molar-refractivity contribution >= 4 is 35.3 Å². The summed E-state index contributed by atoms with van der Waals surface area (Å²) in [6.07, 6.45) is 1.65. The van der Waals surface area contributed by atoms with Crippen LogP contribution in [0.1, 0.15) is 25.2 Å². The van der Waals surface area contributed by atoms with Crippen LogP contribution in [0.3, 0.4) is 0 Å². The number of nitrogens with one attached hydrogen (secondary N) is 2. The summed E-state index contributed by atoms with van der Waals surface area (Å²) >= 11 is 1.32. The summed E-state index contributed by atoms with van der Waals surface area (Å²) in [6, 6.07) is 27.9. The van der Waals surface area contributed by atoms with Crippen LogP contribution in [0, 0.1) is 0 Å². The second-order valence-electron chi connectivity index (χ2n) is 8.14. The van der Waals surface area contributed by atoms with Crippen LogP contribution in [0.4, 0.5) is 11.4 Å². The monoisotopic (exact) mass is 513 g/mol. The molecule has 3 aromatic carbocycles. The molecule has 9 heteroatoms. The number of aromatic nitrogens is 3. The summed E-state index contributed by atoms with van der Waals surface area (Å²) in [7, 11) is 0. The number of para-hydroxylation sites is 2. The number of amides is 1. The first kappa shape index (κ1) is 26.0. The zero-order valence-electron chi connectivity index (χ0n) is 21.0. The van der Waals surface area contributed by atoms with Crippen molar-refractivity contribution in [1.29, 1.82) is 0 Å². The second kappa shape index (κ2) is 13.3. The van der Waals surface area contributed by atoms with Crippen LogP contribution in [0.15, 0.2) is 95.2 Å². The Morgan fingerprint density at radius 3 is 2.30 bits per heavy atom. The first-order chi connectivity index (χ1) is 18.2.